The van der Waals surface area contributed by atoms with E-state index in [2.05, 4.69) is 31.9 Å². The molecule has 0 unspecified atom stereocenters. The van der Waals surface area contributed by atoms with E-state index in [0.29, 0.717) is 12.1 Å². The SMILES string of the molecule is C=Nc1ccc(-c2cnc(N)nc2)cc1-c1c(C)ccc(=O)n1C1=CCC(Cl)=C(N2CCNCC2)C=C1. The van der Waals surface area contributed by atoms with Crippen molar-refractivity contribution in [3.05, 3.63) is 87.6 Å². The van der Waals surface area contributed by atoms with Crippen LogP contribution < -0.4 is 16.6 Å². The van der Waals surface area contributed by atoms with Crippen LogP contribution in [0.2, 0.25) is 0 Å². The Labute approximate surface area is 220 Å². The number of nitrogens with two attached hydrogens (primary N) is 1. The minimum absolute atomic E-state index is 0.144. The van der Waals surface area contributed by atoms with Gasteiger partial charge in [0.1, 0.15) is 0 Å². The van der Waals surface area contributed by atoms with Crippen molar-refractivity contribution in [2.45, 2.75) is 13.3 Å². The molecule has 9 heteroatoms. The fourth-order valence-electron chi connectivity index (χ4n) is 4.73. The number of aromatic nitrogens is 3. The zero-order chi connectivity index (χ0) is 25.9. The molecule has 0 bridgehead atoms. The van der Waals surface area contributed by atoms with Crippen molar-refractivity contribution >= 4 is 35.7 Å². The average molecular weight is 514 g/mol. The molecule has 0 saturated carbocycles. The highest BCUT2D eigenvalue weighted by molar-refractivity contribution is 6.30. The summed E-state index contributed by atoms with van der Waals surface area (Å²) in [4.78, 5) is 28.2. The van der Waals surface area contributed by atoms with Gasteiger partial charge in [-0.25, -0.2) is 9.97 Å². The summed E-state index contributed by atoms with van der Waals surface area (Å²) in [5.41, 5.74) is 12.1. The molecule has 37 heavy (non-hydrogen) atoms. The summed E-state index contributed by atoms with van der Waals surface area (Å²) in [5.74, 6) is 0.209. The maximum Gasteiger partial charge on any atom is 0.255 e. The van der Waals surface area contributed by atoms with Gasteiger partial charge in [-0.3, -0.25) is 14.4 Å². The molecule has 1 aliphatic heterocycles. The van der Waals surface area contributed by atoms with E-state index in [-0.39, 0.29) is 11.5 Å². The number of nitrogens with one attached hydrogen (secondary N) is 1. The van der Waals surface area contributed by atoms with Crippen LogP contribution in [-0.4, -0.2) is 52.3 Å². The second-order valence-electron chi connectivity index (χ2n) is 8.95. The molecular formula is C28H28ClN7O. The van der Waals surface area contributed by atoms with E-state index in [1.54, 1.807) is 23.0 Å². The van der Waals surface area contributed by atoms with E-state index in [4.69, 9.17) is 17.3 Å². The number of hydrogen-bond acceptors (Lipinski definition) is 7. The topological polar surface area (TPSA) is 101 Å². The fraction of sp³-hybridized carbons (Fsp3) is 0.214. The first-order chi connectivity index (χ1) is 18.0. The Morgan fingerprint density at radius 3 is 2.57 bits per heavy atom. The summed E-state index contributed by atoms with van der Waals surface area (Å²) in [6, 6.07) is 9.21. The van der Waals surface area contributed by atoms with Crippen molar-refractivity contribution in [2.24, 2.45) is 4.99 Å². The number of pyridine rings is 1. The number of nitrogen functional groups attached to an aromatic ring is 1. The third kappa shape index (κ3) is 4.98. The van der Waals surface area contributed by atoms with Crippen LogP contribution in [0.15, 0.2) is 81.5 Å². The molecule has 0 amide bonds. The first kappa shape index (κ1) is 24.7. The van der Waals surface area contributed by atoms with Crippen LogP contribution in [-0.2, 0) is 0 Å². The Hall–Kier alpha value is -4.01. The Balaban J connectivity index is 1.63. The van der Waals surface area contributed by atoms with Gasteiger partial charge >= 0.3 is 0 Å². The standard InChI is InChI=1S/C28H28ClN7O/c1-18-3-10-26(37)36(21-5-7-23(29)25(9-6-21)35-13-11-32-12-14-35)27(18)22-15-19(4-8-24(22)31-2)20-16-33-28(30)34-17-20/h3-6,8-10,15-17,32H,2,7,11-14H2,1H3,(H2,30,33,34). The molecule has 0 spiro atoms. The molecule has 2 aromatic heterocycles. The Morgan fingerprint density at radius 1 is 1.08 bits per heavy atom. The molecule has 1 saturated heterocycles. The van der Waals surface area contributed by atoms with E-state index < -0.39 is 0 Å². The molecule has 3 heterocycles. The predicted molar refractivity (Wildman–Crippen MR) is 151 cm³/mol. The summed E-state index contributed by atoms with van der Waals surface area (Å²) in [7, 11) is 0. The monoisotopic (exact) mass is 513 g/mol. The molecule has 188 valence electrons. The minimum atomic E-state index is -0.144. The Morgan fingerprint density at radius 2 is 1.84 bits per heavy atom. The van der Waals surface area contributed by atoms with E-state index in [1.165, 1.54) is 0 Å². The van der Waals surface area contributed by atoms with Crippen molar-refractivity contribution in [2.75, 3.05) is 31.9 Å². The number of anilines is 1. The van der Waals surface area contributed by atoms with E-state index in [0.717, 1.165) is 70.6 Å². The van der Waals surface area contributed by atoms with Crippen LogP contribution in [0.4, 0.5) is 11.6 Å². The lowest BCUT2D eigenvalue weighted by molar-refractivity contribution is 0.306. The summed E-state index contributed by atoms with van der Waals surface area (Å²) in [5, 5.41) is 4.13. The molecule has 5 rings (SSSR count). The molecule has 0 atom stereocenters. The first-order valence-electron chi connectivity index (χ1n) is 12.1. The van der Waals surface area contributed by atoms with Gasteiger partial charge in [0.2, 0.25) is 5.95 Å². The highest BCUT2D eigenvalue weighted by Crippen LogP contribution is 2.37. The van der Waals surface area contributed by atoms with Gasteiger partial charge in [-0.15, -0.1) is 0 Å². The van der Waals surface area contributed by atoms with Gasteiger partial charge in [-0.05, 0) is 49.1 Å². The van der Waals surface area contributed by atoms with Crippen LogP contribution in [0.5, 0.6) is 0 Å². The number of piperazine rings is 1. The summed E-state index contributed by atoms with van der Waals surface area (Å²) >= 11 is 6.74. The van der Waals surface area contributed by atoms with Gasteiger partial charge in [0.15, 0.2) is 0 Å². The van der Waals surface area contributed by atoms with Crippen LogP contribution in [0, 0.1) is 6.92 Å². The largest absolute Gasteiger partial charge is 0.368 e. The van der Waals surface area contributed by atoms with Crippen molar-refractivity contribution < 1.29 is 0 Å². The molecule has 1 aromatic carbocycles. The molecule has 0 radical (unpaired) electrons. The normalized spacial score (nSPS) is 15.9. The van der Waals surface area contributed by atoms with Gasteiger partial charge in [-0.1, -0.05) is 29.8 Å². The third-order valence-corrected chi connectivity index (χ3v) is 6.96. The van der Waals surface area contributed by atoms with E-state index in [9.17, 15) is 4.79 Å². The van der Waals surface area contributed by atoms with Crippen molar-refractivity contribution in [3.8, 4) is 22.4 Å². The highest BCUT2D eigenvalue weighted by Gasteiger charge is 2.20. The summed E-state index contributed by atoms with van der Waals surface area (Å²) in [6.45, 7) is 9.35. The van der Waals surface area contributed by atoms with Crippen molar-refractivity contribution in [3.63, 3.8) is 0 Å². The molecule has 1 aliphatic carbocycles. The van der Waals surface area contributed by atoms with Crippen LogP contribution in [0.3, 0.4) is 0 Å². The second-order valence-corrected chi connectivity index (χ2v) is 9.41. The maximum atomic E-state index is 13.4. The minimum Gasteiger partial charge on any atom is -0.368 e. The van der Waals surface area contributed by atoms with Gasteiger partial charge in [0.05, 0.1) is 17.1 Å². The summed E-state index contributed by atoms with van der Waals surface area (Å²) < 4.78 is 1.73. The third-order valence-electron chi connectivity index (χ3n) is 6.62. The lowest BCUT2D eigenvalue weighted by atomic mass is 9.98. The second kappa shape index (κ2) is 10.5. The Kier molecular flexibility index (Phi) is 7.03. The zero-order valence-corrected chi connectivity index (χ0v) is 21.4. The molecular weight excluding hydrogens is 486 g/mol. The number of halogens is 1. The zero-order valence-electron chi connectivity index (χ0n) is 20.6. The summed E-state index contributed by atoms with van der Waals surface area (Å²) in [6.07, 6.45) is 9.86. The van der Waals surface area contributed by atoms with Crippen LogP contribution in [0.25, 0.3) is 28.1 Å². The quantitative estimate of drug-likeness (QED) is 0.492. The number of nitrogens with zero attached hydrogens (tertiary/aromatic N) is 5. The number of allylic oxidation sites excluding steroid dienone is 5. The van der Waals surface area contributed by atoms with Crippen molar-refractivity contribution in [1.29, 1.82) is 0 Å². The van der Waals surface area contributed by atoms with Crippen LogP contribution in [0.1, 0.15) is 12.0 Å². The lowest BCUT2D eigenvalue weighted by Crippen LogP contribution is -2.42. The first-order valence-corrected chi connectivity index (χ1v) is 12.5. The number of rotatable bonds is 5. The number of benzene rings is 1. The predicted octanol–water partition coefficient (Wildman–Crippen LogP) is 4.35. The number of aryl methyl sites for hydroxylation is 1. The van der Waals surface area contributed by atoms with Gasteiger partial charge in [-0.2, -0.15) is 0 Å². The molecule has 3 aromatic rings. The van der Waals surface area contributed by atoms with Crippen molar-refractivity contribution in [1.82, 2.24) is 24.8 Å². The highest BCUT2D eigenvalue weighted by atomic mass is 35.5. The molecule has 2 aliphatic rings. The average Bonchev–Trinajstić information content (AvgIpc) is 3.11. The lowest BCUT2D eigenvalue weighted by Gasteiger charge is -2.30. The molecule has 3 N–H and O–H groups in total. The smallest absolute Gasteiger partial charge is 0.255 e. The molecule has 8 nitrogen and oxygen atoms in total. The number of hydrogen-bond donors (Lipinski definition) is 2. The molecule has 1 fully saturated rings. The van der Waals surface area contributed by atoms with Crippen LogP contribution >= 0.6 is 11.6 Å². The van der Waals surface area contributed by atoms with E-state index >= 15 is 0 Å². The number of aliphatic imine (C=N–C) groups is 1. The maximum absolute atomic E-state index is 13.4. The van der Waals surface area contributed by atoms with Gasteiger partial charge in [0, 0.05) is 72.9 Å². The van der Waals surface area contributed by atoms with E-state index in [1.807, 2.05) is 49.4 Å². The Bertz CT molecular complexity index is 1500. The fourth-order valence-corrected chi connectivity index (χ4v) is 4.99. The van der Waals surface area contributed by atoms with Gasteiger partial charge in [0.25, 0.3) is 5.56 Å². The van der Waals surface area contributed by atoms with Gasteiger partial charge < -0.3 is 16.0 Å².